The molecule has 4 rings (SSSR count). The smallest absolute Gasteiger partial charge is 0.345 e. The summed E-state index contributed by atoms with van der Waals surface area (Å²) in [5, 5.41) is 0. The molecule has 4 aromatic rings. The van der Waals surface area contributed by atoms with Crippen LogP contribution >= 0.6 is 0 Å². The molecule has 0 aliphatic carbocycles. The van der Waals surface area contributed by atoms with E-state index in [0.29, 0.717) is 5.75 Å². The van der Waals surface area contributed by atoms with E-state index in [1.165, 1.54) is 6.92 Å². The summed E-state index contributed by atoms with van der Waals surface area (Å²) in [4.78, 5) is 16.1. The molecule has 0 saturated carbocycles. The maximum atomic E-state index is 14.4. The van der Waals surface area contributed by atoms with Gasteiger partial charge in [0.2, 0.25) is 0 Å². The highest BCUT2D eigenvalue weighted by Gasteiger charge is 2.34. The first kappa shape index (κ1) is 27.9. The second-order valence-electron chi connectivity index (χ2n) is 8.98. The molecule has 7 heteroatoms. The van der Waals surface area contributed by atoms with Crippen molar-refractivity contribution in [1.29, 1.82) is 0 Å². The molecule has 1 atom stereocenters. The zero-order chi connectivity index (χ0) is 28.2. The van der Waals surface area contributed by atoms with Gasteiger partial charge in [0.1, 0.15) is 5.75 Å². The van der Waals surface area contributed by atoms with Gasteiger partial charge in [0.15, 0.2) is 44.3 Å². The molecule has 4 aromatic carbocycles. The monoisotopic (exact) mass is 547 g/mol. The number of hydrogen-bond donors (Lipinski definition) is 0. The van der Waals surface area contributed by atoms with Crippen LogP contribution < -0.4 is 4.74 Å². The Morgan fingerprint density at radius 2 is 1.38 bits per heavy atom. The Balaban J connectivity index is 1.56. The highest BCUT2D eigenvalue weighted by molar-refractivity contribution is 7.97. The molecular formula is C32H26F3O3S+. The van der Waals surface area contributed by atoms with Gasteiger partial charge in [0, 0.05) is 17.7 Å². The van der Waals surface area contributed by atoms with Crippen LogP contribution in [-0.4, -0.2) is 12.6 Å². The van der Waals surface area contributed by atoms with Crippen molar-refractivity contribution in [1.82, 2.24) is 0 Å². The second-order valence-corrected chi connectivity index (χ2v) is 11.0. The van der Waals surface area contributed by atoms with Crippen LogP contribution in [0.5, 0.6) is 5.75 Å². The number of hydrogen-bond acceptors (Lipinski definition) is 3. The summed E-state index contributed by atoms with van der Waals surface area (Å²) in [6.07, 6.45) is 5.49. The molecule has 0 N–H and O–H groups in total. The fraction of sp³-hybridized carbons (Fsp3) is 0.156. The molecule has 3 nitrogen and oxygen atoms in total. The van der Waals surface area contributed by atoms with E-state index in [4.69, 9.17) is 15.9 Å². The number of rotatable bonds is 8. The van der Waals surface area contributed by atoms with Crippen LogP contribution in [0.15, 0.2) is 99.6 Å². The maximum absolute atomic E-state index is 14.4. The van der Waals surface area contributed by atoms with Gasteiger partial charge in [-0.3, -0.25) is 0 Å². The van der Waals surface area contributed by atoms with Gasteiger partial charge in [-0.25, -0.2) is 18.0 Å². The number of halogens is 3. The molecule has 39 heavy (non-hydrogen) atoms. The van der Waals surface area contributed by atoms with Gasteiger partial charge in [0.25, 0.3) is 0 Å². The van der Waals surface area contributed by atoms with Gasteiger partial charge in [-0.05, 0) is 68.3 Å². The minimum atomic E-state index is -1.97. The summed E-state index contributed by atoms with van der Waals surface area (Å²) in [6.45, 7) is 4.47. The number of aryl methyl sites for hydroxylation is 2. The van der Waals surface area contributed by atoms with Crippen molar-refractivity contribution in [3.8, 4) is 18.1 Å². The molecule has 0 amide bonds. The van der Waals surface area contributed by atoms with Crippen molar-refractivity contribution in [3.63, 3.8) is 0 Å². The molecule has 0 aliphatic rings. The lowest BCUT2D eigenvalue weighted by atomic mass is 9.95. The predicted molar refractivity (Wildman–Crippen MR) is 145 cm³/mol. The number of ether oxygens (including phenoxy) is 2. The van der Waals surface area contributed by atoms with Crippen LogP contribution in [0.2, 0.25) is 0 Å². The van der Waals surface area contributed by atoms with Crippen molar-refractivity contribution in [2.45, 2.75) is 41.1 Å². The molecule has 0 saturated heterocycles. The summed E-state index contributed by atoms with van der Waals surface area (Å²) in [5.74, 6) is -2.82. The van der Waals surface area contributed by atoms with Crippen LogP contribution in [0.3, 0.4) is 0 Å². The summed E-state index contributed by atoms with van der Waals surface area (Å²) in [7, 11) is -0.360. The van der Waals surface area contributed by atoms with Crippen molar-refractivity contribution < 1.29 is 27.4 Å². The molecule has 0 spiro atoms. The van der Waals surface area contributed by atoms with E-state index in [1.807, 2.05) is 62.4 Å². The summed E-state index contributed by atoms with van der Waals surface area (Å²) >= 11 is 0. The first-order chi connectivity index (χ1) is 18.6. The van der Waals surface area contributed by atoms with E-state index in [1.54, 1.807) is 0 Å². The molecule has 0 heterocycles. The van der Waals surface area contributed by atoms with Gasteiger partial charge in [0.05, 0.1) is 10.9 Å². The Kier molecular flexibility index (Phi) is 8.37. The fourth-order valence-corrected chi connectivity index (χ4v) is 6.49. The lowest BCUT2D eigenvalue weighted by Crippen LogP contribution is -2.31. The minimum absolute atomic E-state index is 0.360. The molecule has 0 fully saturated rings. The van der Waals surface area contributed by atoms with E-state index < -0.39 is 41.2 Å². The highest BCUT2D eigenvalue weighted by atomic mass is 32.2. The number of esters is 1. The van der Waals surface area contributed by atoms with Crippen molar-refractivity contribution in [2.75, 3.05) is 6.61 Å². The Hall–Kier alpha value is -4.15. The van der Waals surface area contributed by atoms with Crippen molar-refractivity contribution in [3.05, 3.63) is 119 Å². The second kappa shape index (κ2) is 11.7. The van der Waals surface area contributed by atoms with Gasteiger partial charge in [-0.2, -0.15) is 0 Å². The van der Waals surface area contributed by atoms with Crippen LogP contribution in [0, 0.1) is 43.6 Å². The molecule has 0 aliphatic heterocycles. The van der Waals surface area contributed by atoms with Gasteiger partial charge >= 0.3 is 5.97 Å². The predicted octanol–water partition coefficient (Wildman–Crippen LogP) is 7.29. The first-order valence-electron chi connectivity index (χ1n) is 12.1. The Morgan fingerprint density at radius 1 is 0.846 bits per heavy atom. The minimum Gasteiger partial charge on any atom is -0.481 e. The Labute approximate surface area is 228 Å². The lowest BCUT2D eigenvalue weighted by Gasteiger charge is -2.25. The number of benzene rings is 4. The van der Waals surface area contributed by atoms with Crippen molar-refractivity contribution >= 4 is 16.9 Å². The van der Waals surface area contributed by atoms with Crippen LogP contribution in [0.4, 0.5) is 13.2 Å². The summed E-state index contributed by atoms with van der Waals surface area (Å²) < 4.78 is 52.6. The summed E-state index contributed by atoms with van der Waals surface area (Å²) in [6, 6.07) is 26.1. The number of carbonyl (C=O) groups excluding carboxylic acids is 1. The Bertz CT molecular complexity index is 1470. The zero-order valence-corrected chi connectivity index (χ0v) is 22.5. The quantitative estimate of drug-likeness (QED) is 0.101. The zero-order valence-electron chi connectivity index (χ0n) is 21.6. The topological polar surface area (TPSA) is 35.5 Å². The molecule has 0 radical (unpaired) electrons. The van der Waals surface area contributed by atoms with Gasteiger partial charge in [-0.15, -0.1) is 6.42 Å². The number of terminal acetylenes is 1. The molecule has 1 unspecified atom stereocenters. The number of carbonyl (C=O) groups is 1. The normalized spacial score (nSPS) is 12.5. The third-order valence-electron chi connectivity index (χ3n) is 6.10. The van der Waals surface area contributed by atoms with Crippen LogP contribution in [-0.2, 0) is 26.0 Å². The first-order valence-corrected chi connectivity index (χ1v) is 13.3. The average Bonchev–Trinajstić information content (AvgIpc) is 2.92. The highest BCUT2D eigenvalue weighted by Crippen LogP contribution is 2.36. The lowest BCUT2D eigenvalue weighted by molar-refractivity contribution is -0.156. The van der Waals surface area contributed by atoms with E-state index in [-0.39, 0.29) is 10.9 Å². The van der Waals surface area contributed by atoms with Crippen molar-refractivity contribution in [2.24, 2.45) is 0 Å². The Morgan fingerprint density at radius 3 is 1.90 bits per heavy atom. The van der Waals surface area contributed by atoms with E-state index in [9.17, 15) is 18.0 Å². The molecule has 0 bridgehead atoms. The third kappa shape index (κ3) is 5.97. The van der Waals surface area contributed by atoms with E-state index >= 15 is 0 Å². The average molecular weight is 548 g/mol. The maximum Gasteiger partial charge on any atom is 0.345 e. The van der Waals surface area contributed by atoms with Gasteiger partial charge < -0.3 is 9.47 Å². The van der Waals surface area contributed by atoms with Crippen LogP contribution in [0.25, 0.3) is 0 Å². The molecular weight excluding hydrogens is 521 g/mol. The molecule has 198 valence electrons. The molecule has 0 aromatic heterocycles. The largest absolute Gasteiger partial charge is 0.481 e. The van der Waals surface area contributed by atoms with E-state index in [2.05, 4.69) is 30.2 Å². The SMILES string of the molecule is C#CC(C)(OC(=O)COc1c(C)cc([S+](c2ccccc2)c2ccccc2)cc1C)c1ccc(F)c(F)c1F. The fourth-order valence-electron chi connectivity index (χ4n) is 4.22. The van der Waals surface area contributed by atoms with Gasteiger partial charge in [-0.1, -0.05) is 42.3 Å². The summed E-state index contributed by atoms with van der Waals surface area (Å²) in [5.41, 5.74) is -0.808. The standard InChI is InChI=1S/C32H26F3O3S/c1-5-32(4,26-16-17-27(33)30(35)29(26)34)38-28(36)20-37-31-21(2)18-25(19-22(31)3)39(23-12-8-6-9-13-23)24-14-10-7-11-15-24/h1,6-19H,20H2,2-4H3/q+1. The van der Waals surface area contributed by atoms with E-state index in [0.717, 1.165) is 37.9 Å². The van der Waals surface area contributed by atoms with Crippen LogP contribution in [0.1, 0.15) is 23.6 Å². The third-order valence-corrected chi connectivity index (χ3v) is 8.30.